The van der Waals surface area contributed by atoms with Crippen LogP contribution in [0, 0.1) is 18.2 Å². The van der Waals surface area contributed by atoms with Crippen LogP contribution in [0.1, 0.15) is 81.1 Å². The molecular weight excluding hydrogens is 517 g/mol. The van der Waals surface area contributed by atoms with E-state index in [1.54, 1.807) is 6.92 Å². The number of aromatic nitrogens is 2. The molecule has 0 radical (unpaired) electrons. The van der Waals surface area contributed by atoms with Gasteiger partial charge in [0, 0.05) is 36.3 Å². The molecule has 2 aliphatic rings. The number of aliphatic hydroxyl groups is 2. The lowest BCUT2D eigenvalue weighted by molar-refractivity contribution is -0.170. The minimum atomic E-state index is -3.78. The second kappa shape index (κ2) is 10.2. The van der Waals surface area contributed by atoms with Crippen LogP contribution in [-0.2, 0) is 18.8 Å². The van der Waals surface area contributed by atoms with E-state index in [-0.39, 0.29) is 17.6 Å². The molecule has 0 amide bonds. The Labute approximate surface area is 233 Å². The Kier molecular flexibility index (Phi) is 7.28. The summed E-state index contributed by atoms with van der Waals surface area (Å²) in [5, 5.41) is 24.0. The van der Waals surface area contributed by atoms with Crippen molar-refractivity contribution in [3.63, 3.8) is 0 Å². The highest BCUT2D eigenvalue weighted by atomic mass is 19.3. The smallest absolute Gasteiger partial charge is 0.303 e. The molecule has 3 N–H and O–H groups in total. The molecule has 1 aliphatic heterocycles. The van der Waals surface area contributed by atoms with Crippen molar-refractivity contribution in [3.8, 4) is 0 Å². The van der Waals surface area contributed by atoms with E-state index in [4.69, 9.17) is 4.98 Å². The predicted octanol–water partition coefficient (Wildman–Crippen LogP) is 6.20. The lowest BCUT2D eigenvalue weighted by Crippen LogP contribution is -2.41. The summed E-state index contributed by atoms with van der Waals surface area (Å²) in [5.41, 5.74) is 1.27. The zero-order chi connectivity index (χ0) is 29.0. The monoisotopic (exact) mass is 556 g/mol. The lowest BCUT2D eigenvalue weighted by Gasteiger charge is -2.40. The fourth-order valence-corrected chi connectivity index (χ4v) is 6.04. The molecule has 40 heavy (non-hydrogen) atoms. The summed E-state index contributed by atoms with van der Waals surface area (Å²) in [6.07, 6.45) is 4.72. The molecule has 1 saturated heterocycles. The van der Waals surface area contributed by atoms with Gasteiger partial charge in [0.05, 0.1) is 17.1 Å². The van der Waals surface area contributed by atoms with Gasteiger partial charge in [-0.05, 0) is 88.5 Å². The number of nitrogens with zero attached hydrogens (tertiary/aromatic N) is 3. The van der Waals surface area contributed by atoms with Gasteiger partial charge < -0.3 is 20.4 Å². The first-order valence-corrected chi connectivity index (χ1v) is 14.1. The number of benzene rings is 2. The SMILES string of the molecule is Cc1nc(N[C@H](C)c2cccc(C(F)(F)C(C)(C)O)c2F)c2cc(N3CCC(C)(CO)CC3)c3c(c2n1)CCC3. The van der Waals surface area contributed by atoms with Crippen LogP contribution in [0.3, 0.4) is 0 Å². The highest BCUT2D eigenvalue weighted by Gasteiger charge is 2.49. The molecule has 0 bridgehead atoms. The van der Waals surface area contributed by atoms with Crippen molar-refractivity contribution < 1.29 is 23.4 Å². The molecule has 0 spiro atoms. The third-order valence-electron chi connectivity index (χ3n) is 8.80. The average molecular weight is 557 g/mol. The number of anilines is 2. The minimum Gasteiger partial charge on any atom is -0.396 e. The third kappa shape index (κ3) is 4.91. The van der Waals surface area contributed by atoms with E-state index in [9.17, 15) is 19.0 Å². The van der Waals surface area contributed by atoms with Crippen molar-refractivity contribution in [1.82, 2.24) is 9.97 Å². The van der Waals surface area contributed by atoms with Gasteiger partial charge in [0.25, 0.3) is 0 Å². The van der Waals surface area contributed by atoms with E-state index >= 15 is 4.39 Å². The second-order valence-corrected chi connectivity index (χ2v) is 12.4. The van der Waals surface area contributed by atoms with Gasteiger partial charge in [-0.1, -0.05) is 19.1 Å². The fraction of sp³-hybridized carbons (Fsp3) is 0.548. The maximum absolute atomic E-state index is 15.5. The topological polar surface area (TPSA) is 81.5 Å². The number of nitrogens with one attached hydrogen (secondary N) is 1. The molecular formula is C31H39F3N4O2. The van der Waals surface area contributed by atoms with E-state index in [0.717, 1.165) is 81.7 Å². The van der Waals surface area contributed by atoms with Crippen LogP contribution in [0.5, 0.6) is 0 Å². The summed E-state index contributed by atoms with van der Waals surface area (Å²) in [7, 11) is 0. The van der Waals surface area contributed by atoms with Gasteiger partial charge in [-0.3, -0.25) is 0 Å². The zero-order valence-electron chi connectivity index (χ0n) is 23.9. The zero-order valence-corrected chi connectivity index (χ0v) is 23.9. The first kappa shape index (κ1) is 28.6. The first-order valence-electron chi connectivity index (χ1n) is 14.1. The Morgan fingerprint density at radius 1 is 1.12 bits per heavy atom. The van der Waals surface area contributed by atoms with Crippen LogP contribution in [0.2, 0.25) is 0 Å². The van der Waals surface area contributed by atoms with Gasteiger partial charge in [-0.25, -0.2) is 14.4 Å². The van der Waals surface area contributed by atoms with Crippen molar-refractivity contribution in [2.45, 2.75) is 84.3 Å². The number of alkyl halides is 2. The molecule has 216 valence electrons. The third-order valence-corrected chi connectivity index (χ3v) is 8.80. The highest BCUT2D eigenvalue weighted by molar-refractivity contribution is 5.96. The molecule has 5 rings (SSSR count). The first-order chi connectivity index (χ1) is 18.8. The maximum Gasteiger partial charge on any atom is 0.303 e. The number of hydrogen-bond donors (Lipinski definition) is 3. The Balaban J connectivity index is 1.55. The Morgan fingerprint density at radius 3 is 2.45 bits per heavy atom. The summed E-state index contributed by atoms with van der Waals surface area (Å²) in [5.74, 6) is -3.72. The largest absolute Gasteiger partial charge is 0.396 e. The van der Waals surface area contributed by atoms with Gasteiger partial charge in [0.1, 0.15) is 23.1 Å². The number of halogens is 3. The van der Waals surface area contributed by atoms with E-state index in [2.05, 4.69) is 28.2 Å². The van der Waals surface area contributed by atoms with Crippen LogP contribution < -0.4 is 10.2 Å². The number of aliphatic hydroxyl groups excluding tert-OH is 1. The minimum absolute atomic E-state index is 0.0616. The predicted molar refractivity (Wildman–Crippen MR) is 152 cm³/mol. The number of fused-ring (bicyclic) bond motifs is 3. The molecule has 6 nitrogen and oxygen atoms in total. The van der Waals surface area contributed by atoms with Crippen molar-refractivity contribution in [2.75, 3.05) is 29.9 Å². The fourth-order valence-electron chi connectivity index (χ4n) is 6.04. The second-order valence-electron chi connectivity index (χ2n) is 12.4. The Hall–Kier alpha value is -2.91. The van der Waals surface area contributed by atoms with Gasteiger partial charge in [-0.15, -0.1) is 0 Å². The van der Waals surface area contributed by atoms with Gasteiger partial charge in [0.2, 0.25) is 0 Å². The molecule has 0 unspecified atom stereocenters. The van der Waals surface area contributed by atoms with Crippen LogP contribution >= 0.6 is 0 Å². The standard InChI is InChI=1S/C31H39F3N4O2/c1-18(20-8-7-11-24(26(20)32)31(33,34)29(3,4)40)35-28-23-16-25(38-14-12-30(5,17-39)13-15-38)21-9-6-10-22(21)27(23)36-19(2)37-28/h7-8,11,16,18,39-40H,6,9-10,12-15,17H2,1-5H3,(H,35,36,37)/t18-/m1/s1. The van der Waals surface area contributed by atoms with Crippen molar-refractivity contribution >= 4 is 22.4 Å². The summed E-state index contributed by atoms with van der Waals surface area (Å²) in [4.78, 5) is 11.9. The maximum atomic E-state index is 15.5. The number of hydrogen-bond acceptors (Lipinski definition) is 6. The molecule has 1 aliphatic carbocycles. The highest BCUT2D eigenvalue weighted by Crippen LogP contribution is 2.43. The Morgan fingerprint density at radius 2 is 1.80 bits per heavy atom. The lowest BCUT2D eigenvalue weighted by atomic mass is 9.81. The van der Waals surface area contributed by atoms with Gasteiger partial charge >= 0.3 is 5.92 Å². The quantitative estimate of drug-likeness (QED) is 0.322. The molecule has 1 aromatic heterocycles. The number of aryl methyl sites for hydroxylation is 2. The van der Waals surface area contributed by atoms with E-state index in [1.807, 2.05) is 6.92 Å². The summed E-state index contributed by atoms with van der Waals surface area (Å²) < 4.78 is 45.4. The van der Waals surface area contributed by atoms with E-state index < -0.39 is 28.9 Å². The van der Waals surface area contributed by atoms with Crippen LogP contribution in [0.4, 0.5) is 24.7 Å². The number of rotatable bonds is 7. The molecule has 1 fully saturated rings. The molecule has 2 heterocycles. The van der Waals surface area contributed by atoms with Crippen molar-refractivity contribution in [1.29, 1.82) is 0 Å². The summed E-state index contributed by atoms with van der Waals surface area (Å²) in [6, 6.07) is 5.31. The molecule has 3 aromatic rings. The molecule has 1 atom stereocenters. The Bertz CT molecular complexity index is 1430. The molecule has 2 aromatic carbocycles. The van der Waals surface area contributed by atoms with Crippen LogP contribution in [-0.4, -0.2) is 45.5 Å². The van der Waals surface area contributed by atoms with Crippen LogP contribution in [0.15, 0.2) is 24.3 Å². The van der Waals surface area contributed by atoms with Gasteiger partial charge in [-0.2, -0.15) is 8.78 Å². The summed E-state index contributed by atoms with van der Waals surface area (Å²) in [6.45, 7) is 9.45. The average Bonchev–Trinajstić information content (AvgIpc) is 3.39. The van der Waals surface area contributed by atoms with Crippen molar-refractivity contribution in [3.05, 3.63) is 58.2 Å². The van der Waals surface area contributed by atoms with Gasteiger partial charge in [0.15, 0.2) is 0 Å². The van der Waals surface area contributed by atoms with Crippen LogP contribution in [0.25, 0.3) is 10.9 Å². The van der Waals surface area contributed by atoms with Crippen molar-refractivity contribution in [2.24, 2.45) is 5.41 Å². The normalized spacial score (nSPS) is 18.2. The molecule has 9 heteroatoms. The van der Waals surface area contributed by atoms with E-state index in [0.29, 0.717) is 11.6 Å². The van der Waals surface area contributed by atoms with E-state index in [1.165, 1.54) is 23.3 Å². The molecule has 0 saturated carbocycles. The summed E-state index contributed by atoms with van der Waals surface area (Å²) >= 11 is 0. The number of piperidine rings is 1.